The number of carboxylic acid groups (broad SMARTS) is 1. The molecule has 14 nitrogen and oxygen atoms in total. The summed E-state index contributed by atoms with van der Waals surface area (Å²) in [5.41, 5.74) is 17.4. The van der Waals surface area contributed by atoms with Crippen molar-refractivity contribution in [1.82, 2.24) is 20.9 Å². The average Bonchev–Trinajstić information content (AvgIpc) is 3.22. The number of aliphatic carboxylic acids is 1. The van der Waals surface area contributed by atoms with Crippen LogP contribution in [0.5, 0.6) is 0 Å². The molecule has 0 radical (unpaired) electrons. The number of carbonyl (C=O) groups excluding carboxylic acids is 5. The standard InChI is InChI=1S/C22H29N7O7/c23-13(5-6-17(24)30)20(34)28-16(8-18(25)31)22(36)29-15(21(35)27-10-19(32)33)7-11-9-26-14-4-2-1-3-12(11)14/h1-4,9,13,15-16,26H,5-8,10,23H2,(H2,24,30)(H2,25,31)(H,27,35)(H,28,34)(H,29,36)(H,32,33). The molecule has 14 heteroatoms. The fourth-order valence-corrected chi connectivity index (χ4v) is 3.41. The minimum absolute atomic E-state index is 0.0312. The van der Waals surface area contributed by atoms with Gasteiger partial charge in [0, 0.05) is 29.9 Å². The molecule has 194 valence electrons. The number of primary amides is 2. The summed E-state index contributed by atoms with van der Waals surface area (Å²) in [7, 11) is 0. The largest absolute Gasteiger partial charge is 0.480 e. The van der Waals surface area contributed by atoms with Crippen molar-refractivity contribution in [3.63, 3.8) is 0 Å². The number of para-hydroxylation sites is 1. The van der Waals surface area contributed by atoms with Crippen molar-refractivity contribution in [1.29, 1.82) is 0 Å². The summed E-state index contributed by atoms with van der Waals surface area (Å²) in [4.78, 5) is 74.5. The molecule has 1 heterocycles. The van der Waals surface area contributed by atoms with Crippen LogP contribution in [-0.2, 0) is 35.2 Å². The van der Waals surface area contributed by atoms with Gasteiger partial charge in [0.1, 0.15) is 18.6 Å². The summed E-state index contributed by atoms with van der Waals surface area (Å²) in [5, 5.41) is 16.6. The fourth-order valence-electron chi connectivity index (χ4n) is 3.41. The fraction of sp³-hybridized carbons (Fsp3) is 0.364. The molecule has 0 aliphatic heterocycles. The summed E-state index contributed by atoms with van der Waals surface area (Å²) in [6.07, 6.45) is 0.756. The molecule has 0 bridgehead atoms. The Bertz CT molecular complexity index is 1150. The Balaban J connectivity index is 2.21. The molecule has 1 aromatic carbocycles. The molecule has 2 aromatic rings. The van der Waals surface area contributed by atoms with Gasteiger partial charge in [0.2, 0.25) is 29.5 Å². The first kappa shape index (κ1) is 27.8. The van der Waals surface area contributed by atoms with Gasteiger partial charge in [-0.15, -0.1) is 0 Å². The lowest BCUT2D eigenvalue weighted by atomic mass is 10.0. The molecule has 3 atom stereocenters. The van der Waals surface area contributed by atoms with Gasteiger partial charge in [-0.25, -0.2) is 0 Å². The van der Waals surface area contributed by atoms with Gasteiger partial charge in [-0.1, -0.05) is 18.2 Å². The molecule has 0 saturated heterocycles. The Hall–Kier alpha value is -4.46. The molecule has 0 fully saturated rings. The monoisotopic (exact) mass is 503 g/mol. The van der Waals surface area contributed by atoms with E-state index in [1.165, 1.54) is 0 Å². The minimum atomic E-state index is -1.48. The highest BCUT2D eigenvalue weighted by Crippen LogP contribution is 2.19. The second-order valence-electron chi connectivity index (χ2n) is 8.08. The highest BCUT2D eigenvalue weighted by molar-refractivity contribution is 5.96. The quantitative estimate of drug-likeness (QED) is 0.135. The molecular formula is C22H29N7O7. The summed E-state index contributed by atoms with van der Waals surface area (Å²) in [6, 6.07) is 3.29. The Labute approximate surface area is 205 Å². The maximum atomic E-state index is 13.0. The highest BCUT2D eigenvalue weighted by Gasteiger charge is 2.30. The molecule has 0 aliphatic rings. The lowest BCUT2D eigenvalue weighted by Crippen LogP contribution is -2.57. The van der Waals surface area contributed by atoms with Gasteiger partial charge in [-0.05, 0) is 18.1 Å². The molecule has 3 unspecified atom stereocenters. The molecule has 2 rings (SSSR count). The zero-order valence-corrected chi connectivity index (χ0v) is 19.3. The second-order valence-corrected chi connectivity index (χ2v) is 8.08. The average molecular weight is 504 g/mol. The number of aromatic amines is 1. The van der Waals surface area contributed by atoms with Crippen LogP contribution in [0.3, 0.4) is 0 Å². The third-order valence-electron chi connectivity index (χ3n) is 5.22. The number of nitrogens with one attached hydrogen (secondary N) is 4. The number of rotatable bonds is 14. The van der Waals surface area contributed by atoms with Crippen LogP contribution in [0.1, 0.15) is 24.8 Å². The van der Waals surface area contributed by atoms with Crippen molar-refractivity contribution >= 4 is 46.4 Å². The Morgan fingerprint density at radius 2 is 1.58 bits per heavy atom. The summed E-state index contributed by atoms with van der Waals surface area (Å²) < 4.78 is 0. The van der Waals surface area contributed by atoms with Gasteiger partial charge in [-0.3, -0.25) is 28.8 Å². The van der Waals surface area contributed by atoms with Gasteiger partial charge in [-0.2, -0.15) is 0 Å². The first-order chi connectivity index (χ1) is 17.0. The highest BCUT2D eigenvalue weighted by atomic mass is 16.4. The first-order valence-corrected chi connectivity index (χ1v) is 10.9. The number of hydrogen-bond acceptors (Lipinski definition) is 7. The van der Waals surface area contributed by atoms with Crippen LogP contribution >= 0.6 is 0 Å². The summed E-state index contributed by atoms with van der Waals surface area (Å²) in [5.74, 6) is -5.41. The zero-order valence-electron chi connectivity index (χ0n) is 19.3. The maximum Gasteiger partial charge on any atom is 0.322 e. The number of carbonyl (C=O) groups is 6. The third kappa shape index (κ3) is 8.39. The third-order valence-corrected chi connectivity index (χ3v) is 5.22. The number of nitrogens with two attached hydrogens (primary N) is 3. The minimum Gasteiger partial charge on any atom is -0.480 e. The van der Waals surface area contributed by atoms with E-state index in [1.54, 1.807) is 18.3 Å². The van der Waals surface area contributed by atoms with Gasteiger partial charge in [0.25, 0.3) is 0 Å². The van der Waals surface area contributed by atoms with Gasteiger partial charge >= 0.3 is 5.97 Å². The predicted octanol–water partition coefficient (Wildman–Crippen LogP) is -2.65. The van der Waals surface area contributed by atoms with Crippen molar-refractivity contribution in [2.45, 2.75) is 43.8 Å². The number of benzene rings is 1. The van der Waals surface area contributed by atoms with Crippen molar-refractivity contribution in [2.75, 3.05) is 6.54 Å². The molecule has 36 heavy (non-hydrogen) atoms. The number of aromatic nitrogens is 1. The van der Waals surface area contributed by atoms with E-state index in [2.05, 4.69) is 20.9 Å². The van der Waals surface area contributed by atoms with Gasteiger partial charge in [0.15, 0.2) is 0 Å². The van der Waals surface area contributed by atoms with Crippen molar-refractivity contribution in [3.8, 4) is 0 Å². The van der Waals surface area contributed by atoms with Crippen LogP contribution in [0, 0.1) is 0 Å². The van der Waals surface area contributed by atoms with Crippen molar-refractivity contribution in [2.24, 2.45) is 17.2 Å². The smallest absolute Gasteiger partial charge is 0.322 e. The van der Waals surface area contributed by atoms with Gasteiger partial charge < -0.3 is 43.2 Å². The van der Waals surface area contributed by atoms with E-state index in [4.69, 9.17) is 22.3 Å². The predicted molar refractivity (Wildman–Crippen MR) is 127 cm³/mol. The number of hydrogen-bond donors (Lipinski definition) is 8. The number of H-pyrrole nitrogens is 1. The first-order valence-electron chi connectivity index (χ1n) is 10.9. The topological polar surface area (TPSA) is 253 Å². The maximum absolute atomic E-state index is 13.0. The van der Waals surface area contributed by atoms with E-state index in [-0.39, 0.29) is 19.3 Å². The van der Waals surface area contributed by atoms with Crippen molar-refractivity contribution < 1.29 is 33.9 Å². The normalized spacial score (nSPS) is 13.2. The Morgan fingerprint density at radius 1 is 0.917 bits per heavy atom. The SMILES string of the molecule is NC(=O)CCC(N)C(=O)NC(CC(N)=O)C(=O)NC(Cc1c[nH]c2ccccc12)C(=O)NCC(=O)O. The van der Waals surface area contributed by atoms with Crippen molar-refractivity contribution in [3.05, 3.63) is 36.0 Å². The van der Waals surface area contributed by atoms with E-state index < -0.39 is 66.6 Å². The molecule has 1 aromatic heterocycles. The lowest BCUT2D eigenvalue weighted by molar-refractivity contribution is -0.138. The Morgan fingerprint density at radius 3 is 2.22 bits per heavy atom. The number of fused-ring (bicyclic) bond motifs is 1. The summed E-state index contributed by atoms with van der Waals surface area (Å²) in [6.45, 7) is -0.685. The zero-order chi connectivity index (χ0) is 26.8. The number of amides is 5. The van der Waals surface area contributed by atoms with Crippen LogP contribution in [0.15, 0.2) is 30.5 Å². The molecule has 0 saturated carbocycles. The molecular weight excluding hydrogens is 474 g/mol. The van der Waals surface area contributed by atoms with Crippen LogP contribution < -0.4 is 33.2 Å². The van der Waals surface area contributed by atoms with E-state index in [0.29, 0.717) is 5.56 Å². The lowest BCUT2D eigenvalue weighted by Gasteiger charge is -2.23. The van der Waals surface area contributed by atoms with Crippen LogP contribution in [-0.4, -0.2) is 70.3 Å². The van der Waals surface area contributed by atoms with E-state index in [9.17, 15) is 28.8 Å². The van der Waals surface area contributed by atoms with E-state index in [0.717, 1.165) is 10.9 Å². The van der Waals surface area contributed by atoms with Crippen LogP contribution in [0.2, 0.25) is 0 Å². The van der Waals surface area contributed by atoms with Crippen LogP contribution in [0.4, 0.5) is 0 Å². The molecule has 5 amide bonds. The molecule has 0 aliphatic carbocycles. The van der Waals surface area contributed by atoms with Gasteiger partial charge in [0.05, 0.1) is 12.5 Å². The summed E-state index contributed by atoms with van der Waals surface area (Å²) >= 11 is 0. The Kier molecular flexibility index (Phi) is 9.92. The molecule has 0 spiro atoms. The van der Waals surface area contributed by atoms with Crippen LogP contribution in [0.25, 0.3) is 10.9 Å². The van der Waals surface area contributed by atoms with E-state index in [1.807, 2.05) is 12.1 Å². The van der Waals surface area contributed by atoms with E-state index >= 15 is 0 Å². The molecule has 11 N–H and O–H groups in total. The second kappa shape index (κ2) is 12.9. The number of carboxylic acids is 1.